The second kappa shape index (κ2) is 9.23. The number of halogens is 1. The van der Waals surface area contributed by atoms with Gasteiger partial charge in [-0.05, 0) is 25.1 Å². The molecule has 1 aromatic carbocycles. The van der Waals surface area contributed by atoms with Crippen molar-refractivity contribution in [3.63, 3.8) is 0 Å². The number of hydrogen-bond acceptors (Lipinski definition) is 4. The van der Waals surface area contributed by atoms with E-state index in [1.165, 1.54) is 0 Å². The van der Waals surface area contributed by atoms with Gasteiger partial charge >= 0.3 is 5.97 Å². The number of carbonyl (C=O) groups excluding carboxylic acids is 1. The molecule has 1 rings (SSSR count). The lowest BCUT2D eigenvalue weighted by Crippen LogP contribution is -2.40. The average molecular weight is 302 g/mol. The van der Waals surface area contributed by atoms with Gasteiger partial charge in [-0.1, -0.05) is 36.7 Å². The largest absolute Gasteiger partial charge is 0.465 e. The average Bonchev–Trinajstić information content (AvgIpc) is 2.40. The van der Waals surface area contributed by atoms with Crippen molar-refractivity contribution < 1.29 is 9.53 Å². The Labute approximate surface area is 124 Å². The first-order chi connectivity index (χ1) is 9.19. The summed E-state index contributed by atoms with van der Waals surface area (Å²) in [4.78, 5) is 11.7. The van der Waals surface area contributed by atoms with Crippen LogP contribution in [0, 0.1) is 0 Å². The summed E-state index contributed by atoms with van der Waals surface area (Å²) in [5.41, 5.74) is 1.09. The first kappa shape index (κ1) is 16.3. The maximum atomic E-state index is 11.7. The first-order valence-corrected chi connectivity index (χ1v) is 7.93. The highest BCUT2D eigenvalue weighted by Crippen LogP contribution is 2.21. The van der Waals surface area contributed by atoms with Gasteiger partial charge in [-0.15, -0.1) is 0 Å². The van der Waals surface area contributed by atoms with Crippen molar-refractivity contribution in [2.45, 2.75) is 25.6 Å². The summed E-state index contributed by atoms with van der Waals surface area (Å²) in [6.45, 7) is 4.95. The predicted octanol–water partition coefficient (Wildman–Crippen LogP) is 3.11. The topological polar surface area (TPSA) is 38.3 Å². The van der Waals surface area contributed by atoms with Crippen molar-refractivity contribution in [1.82, 2.24) is 5.32 Å². The minimum atomic E-state index is -0.252. The smallest absolute Gasteiger partial charge is 0.323 e. The highest BCUT2D eigenvalue weighted by molar-refractivity contribution is 7.98. The van der Waals surface area contributed by atoms with Crippen molar-refractivity contribution in [3.8, 4) is 0 Å². The number of benzene rings is 1. The maximum absolute atomic E-state index is 11.7. The molecule has 0 spiro atoms. The van der Waals surface area contributed by atoms with Crippen LogP contribution >= 0.6 is 23.4 Å². The molecule has 0 saturated heterocycles. The van der Waals surface area contributed by atoms with Crippen molar-refractivity contribution >= 4 is 29.3 Å². The monoisotopic (exact) mass is 301 g/mol. The van der Waals surface area contributed by atoms with Crippen LogP contribution in [0.15, 0.2) is 24.3 Å². The molecule has 0 bridgehead atoms. The van der Waals surface area contributed by atoms with Crippen molar-refractivity contribution in [3.05, 3.63) is 34.9 Å². The van der Waals surface area contributed by atoms with Crippen LogP contribution in [0.4, 0.5) is 0 Å². The van der Waals surface area contributed by atoms with E-state index in [0.717, 1.165) is 22.9 Å². The number of thioether (sulfide) groups is 1. The number of carbonyl (C=O) groups is 1. The van der Waals surface area contributed by atoms with Gasteiger partial charge in [0.15, 0.2) is 0 Å². The number of hydrogen-bond donors (Lipinski definition) is 1. The van der Waals surface area contributed by atoms with E-state index in [1.807, 2.05) is 38.1 Å². The van der Waals surface area contributed by atoms with E-state index in [9.17, 15) is 4.79 Å². The van der Waals surface area contributed by atoms with Gasteiger partial charge in [0, 0.05) is 16.5 Å². The summed E-state index contributed by atoms with van der Waals surface area (Å²) in [5, 5.41) is 3.91. The van der Waals surface area contributed by atoms with Crippen molar-refractivity contribution in [2.24, 2.45) is 0 Å². The van der Waals surface area contributed by atoms with E-state index in [4.69, 9.17) is 16.3 Å². The van der Waals surface area contributed by atoms with Crippen molar-refractivity contribution in [1.29, 1.82) is 0 Å². The molecule has 0 saturated carbocycles. The lowest BCUT2D eigenvalue weighted by Gasteiger charge is -2.16. The zero-order valence-electron chi connectivity index (χ0n) is 11.3. The highest BCUT2D eigenvalue weighted by Gasteiger charge is 2.18. The third-order valence-electron chi connectivity index (χ3n) is 2.52. The van der Waals surface area contributed by atoms with E-state index in [0.29, 0.717) is 12.4 Å². The fraction of sp³-hybridized carbons (Fsp3) is 0.500. The third-order valence-corrected chi connectivity index (χ3v) is 3.97. The molecule has 1 unspecified atom stereocenters. The Morgan fingerprint density at radius 1 is 1.42 bits per heavy atom. The second-order valence-electron chi connectivity index (χ2n) is 3.97. The minimum absolute atomic E-state index is 0.184. The van der Waals surface area contributed by atoms with Gasteiger partial charge in [0.1, 0.15) is 6.04 Å². The number of ether oxygens (including phenoxy) is 1. The summed E-state index contributed by atoms with van der Waals surface area (Å²) in [6.07, 6.45) is 0. The molecule has 0 heterocycles. The normalized spacial score (nSPS) is 12.2. The SMILES string of the molecule is CCNC(CSCc1ccccc1Cl)C(=O)OCC. The Morgan fingerprint density at radius 2 is 2.16 bits per heavy atom. The van der Waals surface area contributed by atoms with Crippen LogP contribution in [0.25, 0.3) is 0 Å². The minimum Gasteiger partial charge on any atom is -0.465 e. The van der Waals surface area contributed by atoms with Gasteiger partial charge < -0.3 is 10.1 Å². The Bertz CT molecular complexity index is 401. The quantitative estimate of drug-likeness (QED) is 0.749. The molecule has 106 valence electrons. The molecule has 19 heavy (non-hydrogen) atoms. The van der Waals surface area contributed by atoms with Gasteiger partial charge in [-0.25, -0.2) is 0 Å². The van der Waals surface area contributed by atoms with Crippen LogP contribution in [-0.4, -0.2) is 30.9 Å². The number of esters is 1. The molecule has 1 atom stereocenters. The van der Waals surface area contributed by atoms with Crippen LogP contribution in [0.2, 0.25) is 5.02 Å². The van der Waals surface area contributed by atoms with Crippen LogP contribution in [0.3, 0.4) is 0 Å². The van der Waals surface area contributed by atoms with E-state index in [-0.39, 0.29) is 12.0 Å². The molecule has 0 aromatic heterocycles. The van der Waals surface area contributed by atoms with Gasteiger partial charge in [-0.2, -0.15) is 11.8 Å². The van der Waals surface area contributed by atoms with E-state index >= 15 is 0 Å². The van der Waals surface area contributed by atoms with E-state index < -0.39 is 0 Å². The Morgan fingerprint density at radius 3 is 2.79 bits per heavy atom. The van der Waals surface area contributed by atoms with E-state index in [1.54, 1.807) is 11.8 Å². The van der Waals surface area contributed by atoms with Crippen molar-refractivity contribution in [2.75, 3.05) is 18.9 Å². The van der Waals surface area contributed by atoms with E-state index in [2.05, 4.69) is 5.32 Å². The fourth-order valence-electron chi connectivity index (χ4n) is 1.60. The lowest BCUT2D eigenvalue weighted by molar-refractivity contribution is -0.144. The molecule has 0 aliphatic rings. The van der Waals surface area contributed by atoms with Gasteiger partial charge in [0.05, 0.1) is 6.61 Å². The van der Waals surface area contributed by atoms with Gasteiger partial charge in [0.25, 0.3) is 0 Å². The number of nitrogens with one attached hydrogen (secondary N) is 1. The summed E-state index contributed by atoms with van der Waals surface area (Å²) in [7, 11) is 0. The molecule has 0 aliphatic heterocycles. The van der Waals surface area contributed by atoms with Crippen LogP contribution in [-0.2, 0) is 15.3 Å². The highest BCUT2D eigenvalue weighted by atomic mass is 35.5. The Hall–Kier alpha value is -0.710. The Balaban J connectivity index is 2.44. The fourth-order valence-corrected chi connectivity index (χ4v) is 2.96. The molecule has 5 heteroatoms. The molecule has 0 amide bonds. The van der Waals surface area contributed by atoms with Crippen LogP contribution in [0.5, 0.6) is 0 Å². The number of rotatable bonds is 8. The van der Waals surface area contributed by atoms with Gasteiger partial charge in [0.2, 0.25) is 0 Å². The van der Waals surface area contributed by atoms with Gasteiger partial charge in [-0.3, -0.25) is 4.79 Å². The third kappa shape index (κ3) is 5.85. The molecule has 1 aromatic rings. The molecule has 0 radical (unpaired) electrons. The first-order valence-electron chi connectivity index (χ1n) is 6.40. The zero-order chi connectivity index (χ0) is 14.1. The van der Waals surface area contributed by atoms with Crippen LogP contribution in [0.1, 0.15) is 19.4 Å². The summed E-state index contributed by atoms with van der Waals surface area (Å²) >= 11 is 7.77. The summed E-state index contributed by atoms with van der Waals surface area (Å²) < 4.78 is 5.04. The maximum Gasteiger partial charge on any atom is 0.323 e. The molecule has 0 aliphatic carbocycles. The second-order valence-corrected chi connectivity index (χ2v) is 5.41. The standard InChI is InChI=1S/C14H20ClNO2S/c1-3-16-13(14(17)18-4-2)10-19-9-11-7-5-6-8-12(11)15/h5-8,13,16H,3-4,9-10H2,1-2H3. The predicted molar refractivity (Wildman–Crippen MR) is 81.7 cm³/mol. The zero-order valence-corrected chi connectivity index (χ0v) is 12.9. The van der Waals surface area contributed by atoms with Crippen LogP contribution < -0.4 is 5.32 Å². The summed E-state index contributed by atoms with van der Waals surface area (Å²) in [5.74, 6) is 1.29. The number of likely N-dealkylation sites (N-methyl/N-ethyl adjacent to an activating group) is 1. The Kier molecular flexibility index (Phi) is 7.94. The lowest BCUT2D eigenvalue weighted by atomic mass is 10.2. The molecule has 1 N–H and O–H groups in total. The summed E-state index contributed by atoms with van der Waals surface area (Å²) in [6, 6.07) is 7.51. The molecular formula is C14H20ClNO2S. The molecule has 3 nitrogen and oxygen atoms in total. The molecule has 0 fully saturated rings. The molecular weight excluding hydrogens is 282 g/mol.